The Labute approximate surface area is 228 Å². The lowest BCUT2D eigenvalue weighted by molar-refractivity contribution is 0.111. The molecule has 0 bridgehead atoms. The number of nitrogens with two attached hydrogens (primary N) is 1. The third kappa shape index (κ3) is 15.0. The minimum absolute atomic E-state index is 0.0269. The molecule has 0 aliphatic carbocycles. The number of hydrogen-bond acceptors (Lipinski definition) is 8. The summed E-state index contributed by atoms with van der Waals surface area (Å²) >= 11 is 0. The SMILES string of the molecule is CN.O=Cc1ccc(CO)cc1.O=Cc1ccc(OCCN2CCCCC2)cc1.OCCN1CCCCC1. The van der Waals surface area contributed by atoms with Crippen molar-refractivity contribution in [1.82, 2.24) is 9.80 Å². The predicted octanol–water partition coefficient (Wildman–Crippen LogP) is 3.39. The second kappa shape index (κ2) is 22.4. The molecule has 0 radical (unpaired) electrons. The number of carbonyl (C=O) groups is 2. The molecule has 2 aromatic carbocycles. The van der Waals surface area contributed by atoms with Gasteiger partial charge in [-0.15, -0.1) is 0 Å². The summed E-state index contributed by atoms with van der Waals surface area (Å²) in [5.74, 6) is 0.840. The summed E-state index contributed by atoms with van der Waals surface area (Å²) in [5.41, 5.74) is 6.65. The van der Waals surface area contributed by atoms with E-state index in [0.29, 0.717) is 17.7 Å². The Bertz CT molecular complexity index is 831. The number of carbonyl (C=O) groups excluding carboxylic acids is 2. The zero-order valence-electron chi connectivity index (χ0n) is 23.0. The molecule has 2 saturated heterocycles. The summed E-state index contributed by atoms with van der Waals surface area (Å²) in [6.45, 7) is 7.73. The fraction of sp³-hybridized carbons (Fsp3) is 0.533. The van der Waals surface area contributed by atoms with Crippen LogP contribution < -0.4 is 10.5 Å². The molecule has 8 nitrogen and oxygen atoms in total. The quantitative estimate of drug-likeness (QED) is 0.423. The van der Waals surface area contributed by atoms with Gasteiger partial charge < -0.3 is 25.6 Å². The van der Waals surface area contributed by atoms with E-state index in [1.807, 2.05) is 12.1 Å². The maximum atomic E-state index is 10.5. The van der Waals surface area contributed by atoms with Gasteiger partial charge in [0.05, 0.1) is 13.2 Å². The summed E-state index contributed by atoms with van der Waals surface area (Å²) in [6.07, 6.45) is 9.63. The monoisotopic (exact) mass is 529 g/mol. The molecule has 0 atom stereocenters. The van der Waals surface area contributed by atoms with Crippen LogP contribution in [0.1, 0.15) is 64.8 Å². The number of aliphatic hydroxyl groups excluding tert-OH is 2. The number of ether oxygens (including phenoxy) is 1. The van der Waals surface area contributed by atoms with Gasteiger partial charge in [0, 0.05) is 24.2 Å². The van der Waals surface area contributed by atoms with Crippen molar-refractivity contribution < 1.29 is 24.5 Å². The Morgan fingerprint density at radius 2 is 1.16 bits per heavy atom. The van der Waals surface area contributed by atoms with E-state index in [-0.39, 0.29) is 6.61 Å². The lowest BCUT2D eigenvalue weighted by atomic mass is 10.1. The highest BCUT2D eigenvalue weighted by Crippen LogP contribution is 2.12. The third-order valence-corrected chi connectivity index (χ3v) is 6.30. The van der Waals surface area contributed by atoms with Crippen LogP contribution in [0.4, 0.5) is 0 Å². The van der Waals surface area contributed by atoms with Crippen molar-refractivity contribution in [3.8, 4) is 5.75 Å². The molecule has 2 aliphatic heterocycles. The van der Waals surface area contributed by atoms with Crippen molar-refractivity contribution in [2.24, 2.45) is 5.73 Å². The second-order valence-electron chi connectivity index (χ2n) is 9.08. The maximum Gasteiger partial charge on any atom is 0.150 e. The first-order chi connectivity index (χ1) is 18.7. The number of aliphatic hydroxyl groups is 2. The van der Waals surface area contributed by atoms with Gasteiger partial charge in [0.2, 0.25) is 0 Å². The summed E-state index contributed by atoms with van der Waals surface area (Å²) < 4.78 is 5.65. The number of rotatable bonds is 9. The highest BCUT2D eigenvalue weighted by Gasteiger charge is 2.09. The van der Waals surface area contributed by atoms with Crippen molar-refractivity contribution in [3.63, 3.8) is 0 Å². The fourth-order valence-corrected chi connectivity index (χ4v) is 4.14. The van der Waals surface area contributed by atoms with Crippen LogP contribution in [0.3, 0.4) is 0 Å². The molecular weight excluding hydrogens is 482 g/mol. The molecular formula is C30H47N3O5. The van der Waals surface area contributed by atoms with Gasteiger partial charge in [-0.1, -0.05) is 37.1 Å². The molecule has 2 heterocycles. The zero-order valence-corrected chi connectivity index (χ0v) is 23.0. The summed E-state index contributed by atoms with van der Waals surface area (Å²) in [7, 11) is 1.50. The Hall–Kier alpha value is -2.62. The van der Waals surface area contributed by atoms with Crippen LogP contribution in [0, 0.1) is 0 Å². The Kier molecular flexibility index (Phi) is 19.7. The van der Waals surface area contributed by atoms with E-state index >= 15 is 0 Å². The molecule has 2 fully saturated rings. The lowest BCUT2D eigenvalue weighted by Gasteiger charge is -2.26. The number of likely N-dealkylation sites (tertiary alicyclic amines) is 2. The van der Waals surface area contributed by atoms with Crippen molar-refractivity contribution in [2.75, 3.05) is 59.5 Å². The molecule has 4 N–H and O–H groups in total. The minimum Gasteiger partial charge on any atom is -0.492 e. The molecule has 0 saturated carbocycles. The van der Waals surface area contributed by atoms with Crippen LogP contribution in [0.5, 0.6) is 5.75 Å². The van der Waals surface area contributed by atoms with Crippen LogP contribution in [-0.4, -0.2) is 92.1 Å². The van der Waals surface area contributed by atoms with E-state index in [4.69, 9.17) is 14.9 Å². The second-order valence-corrected chi connectivity index (χ2v) is 9.08. The first-order valence-electron chi connectivity index (χ1n) is 13.6. The van der Waals surface area contributed by atoms with Gasteiger partial charge in [-0.3, -0.25) is 14.5 Å². The molecule has 8 heteroatoms. The van der Waals surface area contributed by atoms with Gasteiger partial charge in [0.1, 0.15) is 24.9 Å². The lowest BCUT2D eigenvalue weighted by Crippen LogP contribution is -2.33. The van der Waals surface area contributed by atoms with Gasteiger partial charge >= 0.3 is 0 Å². The van der Waals surface area contributed by atoms with E-state index < -0.39 is 0 Å². The van der Waals surface area contributed by atoms with E-state index in [1.165, 1.54) is 71.8 Å². The number of β-amino-alcohol motifs (C(OH)–C–C–N with tert-alkyl or cyclic N) is 1. The maximum absolute atomic E-state index is 10.5. The van der Waals surface area contributed by atoms with Crippen molar-refractivity contribution in [1.29, 1.82) is 0 Å². The molecule has 0 spiro atoms. The largest absolute Gasteiger partial charge is 0.492 e. The highest BCUT2D eigenvalue weighted by molar-refractivity contribution is 5.75. The molecule has 4 rings (SSSR count). The van der Waals surface area contributed by atoms with Crippen LogP contribution in [-0.2, 0) is 6.61 Å². The van der Waals surface area contributed by atoms with E-state index in [1.54, 1.807) is 36.4 Å². The van der Waals surface area contributed by atoms with Crippen LogP contribution in [0.15, 0.2) is 48.5 Å². The zero-order chi connectivity index (χ0) is 27.8. The molecule has 2 aliphatic rings. The first kappa shape index (κ1) is 33.4. The standard InChI is InChI=1S/C14H19NO2.C8H8O2.C7H15NO.CH5N/c16-12-13-4-6-14(7-5-13)17-11-10-15-8-2-1-3-9-15;9-5-7-1-2-8(6-10)4-3-7;9-7-6-8-4-2-1-3-5-8;1-2/h4-7,12H,1-3,8-11H2;1-5,10H,6H2;9H,1-7H2;2H2,1H3. The summed E-state index contributed by atoms with van der Waals surface area (Å²) in [5, 5.41) is 17.2. The number of hydrogen-bond donors (Lipinski definition) is 3. The average Bonchev–Trinajstić information content (AvgIpc) is 3.00. The van der Waals surface area contributed by atoms with Gasteiger partial charge in [0.25, 0.3) is 0 Å². The van der Waals surface area contributed by atoms with Gasteiger partial charge in [-0.25, -0.2) is 0 Å². The van der Waals surface area contributed by atoms with E-state index in [0.717, 1.165) is 43.6 Å². The van der Waals surface area contributed by atoms with Gasteiger partial charge in [-0.05, 0) is 88.7 Å². The average molecular weight is 530 g/mol. The summed E-state index contributed by atoms with van der Waals surface area (Å²) in [4.78, 5) is 25.4. The molecule has 0 unspecified atom stereocenters. The van der Waals surface area contributed by atoms with E-state index in [9.17, 15) is 9.59 Å². The van der Waals surface area contributed by atoms with Crippen molar-refractivity contribution >= 4 is 12.6 Å². The Balaban J connectivity index is 0.000000295. The number of benzene rings is 2. The van der Waals surface area contributed by atoms with Crippen molar-refractivity contribution in [3.05, 3.63) is 65.2 Å². The van der Waals surface area contributed by atoms with Crippen LogP contribution in [0.2, 0.25) is 0 Å². The molecule has 0 aromatic heterocycles. The van der Waals surface area contributed by atoms with Crippen LogP contribution in [0.25, 0.3) is 0 Å². The molecule has 0 amide bonds. The predicted molar refractivity (Wildman–Crippen MR) is 153 cm³/mol. The number of aldehydes is 2. The van der Waals surface area contributed by atoms with E-state index in [2.05, 4.69) is 15.5 Å². The van der Waals surface area contributed by atoms with Gasteiger partial charge in [-0.2, -0.15) is 0 Å². The van der Waals surface area contributed by atoms with Crippen molar-refractivity contribution in [2.45, 2.75) is 45.1 Å². The Morgan fingerprint density at radius 1 is 0.711 bits per heavy atom. The molecule has 38 heavy (non-hydrogen) atoms. The number of nitrogens with zero attached hydrogens (tertiary/aromatic N) is 2. The minimum atomic E-state index is 0.0269. The normalized spacial score (nSPS) is 15.4. The topological polar surface area (TPSA) is 116 Å². The smallest absolute Gasteiger partial charge is 0.150 e. The number of piperidine rings is 2. The van der Waals surface area contributed by atoms with Crippen LogP contribution >= 0.6 is 0 Å². The third-order valence-electron chi connectivity index (χ3n) is 6.30. The van der Waals surface area contributed by atoms with Gasteiger partial charge in [0.15, 0.2) is 0 Å². The first-order valence-corrected chi connectivity index (χ1v) is 13.6. The Morgan fingerprint density at radius 3 is 1.58 bits per heavy atom. The highest BCUT2D eigenvalue weighted by atomic mass is 16.5. The fourth-order valence-electron chi connectivity index (χ4n) is 4.14. The molecule has 2 aromatic rings. The summed E-state index contributed by atoms with van der Waals surface area (Å²) in [6, 6.07) is 14.1. The molecule has 212 valence electrons.